The lowest BCUT2D eigenvalue weighted by atomic mass is 9.97. The number of hydrogen-bond acceptors (Lipinski definition) is 3. The third-order valence-electron chi connectivity index (χ3n) is 6.13. The summed E-state index contributed by atoms with van der Waals surface area (Å²) < 4.78 is 43.5. The number of fused-ring (bicyclic) bond motifs is 1. The number of aromatic nitrogens is 3. The molecule has 0 N–H and O–H groups in total. The fraction of sp³-hybridized carbons (Fsp3) is 0.348. The molecule has 1 atom stereocenters. The number of alkyl halides is 3. The topological polar surface area (TPSA) is 60.1 Å². The zero-order valence-electron chi connectivity index (χ0n) is 17.8. The molecule has 1 unspecified atom stereocenters. The predicted octanol–water partition coefficient (Wildman–Crippen LogP) is 4.30. The molecule has 5 rings (SSSR count). The second kappa shape index (κ2) is 6.82. The normalized spacial score (nSPS) is 18.4. The molecule has 1 saturated carbocycles. The van der Waals surface area contributed by atoms with Gasteiger partial charge in [-0.1, -0.05) is 12.1 Å². The number of amides is 1. The van der Waals surface area contributed by atoms with Gasteiger partial charge in [-0.05, 0) is 50.5 Å². The van der Waals surface area contributed by atoms with Crippen LogP contribution in [0.5, 0.6) is 0 Å². The van der Waals surface area contributed by atoms with Gasteiger partial charge in [0.25, 0.3) is 11.5 Å². The number of carbonyl (C=O) groups is 1. The molecular weight excluding hydrogens is 421 g/mol. The number of carbonyl (C=O) groups excluding carboxylic acids is 1. The number of anilines is 1. The van der Waals surface area contributed by atoms with Crippen LogP contribution in [0.25, 0.3) is 0 Å². The van der Waals surface area contributed by atoms with Crippen molar-refractivity contribution in [2.75, 3.05) is 4.90 Å². The van der Waals surface area contributed by atoms with Gasteiger partial charge in [-0.3, -0.25) is 19.2 Å². The van der Waals surface area contributed by atoms with Gasteiger partial charge in [-0.15, -0.1) is 0 Å². The molecule has 6 nitrogen and oxygen atoms in total. The first-order valence-corrected chi connectivity index (χ1v) is 10.3. The molecule has 1 fully saturated rings. The van der Waals surface area contributed by atoms with Crippen LogP contribution >= 0.6 is 0 Å². The summed E-state index contributed by atoms with van der Waals surface area (Å²) in [5.74, 6) is -0.326. The third kappa shape index (κ3) is 3.06. The second-order valence-corrected chi connectivity index (χ2v) is 8.52. The van der Waals surface area contributed by atoms with Crippen LogP contribution in [0, 0.1) is 13.8 Å². The lowest BCUT2D eigenvalue weighted by molar-refractivity contribution is -0.137. The van der Waals surface area contributed by atoms with Crippen molar-refractivity contribution in [3.8, 4) is 0 Å². The Bertz CT molecular complexity index is 1290. The molecule has 2 aromatic heterocycles. The van der Waals surface area contributed by atoms with Crippen molar-refractivity contribution in [2.24, 2.45) is 7.05 Å². The molecule has 9 heteroatoms. The monoisotopic (exact) mass is 442 g/mol. The Morgan fingerprint density at radius 2 is 1.81 bits per heavy atom. The average Bonchev–Trinajstić information content (AvgIpc) is 3.45. The van der Waals surface area contributed by atoms with Crippen LogP contribution < -0.4 is 10.5 Å². The first-order valence-electron chi connectivity index (χ1n) is 10.3. The molecule has 1 amide bonds. The van der Waals surface area contributed by atoms with E-state index < -0.39 is 17.8 Å². The maximum absolute atomic E-state index is 13.7. The number of hydrogen-bond donors (Lipinski definition) is 0. The first kappa shape index (κ1) is 20.5. The summed E-state index contributed by atoms with van der Waals surface area (Å²) in [7, 11) is 1.59. The molecule has 3 heterocycles. The summed E-state index contributed by atoms with van der Waals surface area (Å²) in [6.07, 6.45) is -1.14. The van der Waals surface area contributed by atoms with Gasteiger partial charge in [0.05, 0.1) is 29.0 Å². The molecule has 0 spiro atoms. The molecule has 1 aromatic carbocycles. The molecule has 0 bridgehead atoms. The summed E-state index contributed by atoms with van der Waals surface area (Å²) in [5.41, 5.74) is 1.91. The van der Waals surface area contributed by atoms with Crippen LogP contribution in [0.4, 0.5) is 18.9 Å². The van der Waals surface area contributed by atoms with Crippen molar-refractivity contribution in [3.63, 3.8) is 0 Å². The van der Waals surface area contributed by atoms with E-state index in [2.05, 4.69) is 5.10 Å². The van der Waals surface area contributed by atoms with Crippen molar-refractivity contribution in [3.05, 3.63) is 80.5 Å². The molecule has 0 radical (unpaired) electrons. The van der Waals surface area contributed by atoms with E-state index in [1.807, 2.05) is 0 Å². The van der Waals surface area contributed by atoms with Gasteiger partial charge in [0.15, 0.2) is 0 Å². The predicted molar refractivity (Wildman–Crippen MR) is 112 cm³/mol. The van der Waals surface area contributed by atoms with E-state index in [9.17, 15) is 22.8 Å². The van der Waals surface area contributed by atoms with Crippen molar-refractivity contribution >= 4 is 11.6 Å². The first-order chi connectivity index (χ1) is 15.1. The van der Waals surface area contributed by atoms with Gasteiger partial charge in [0.2, 0.25) is 0 Å². The zero-order chi connectivity index (χ0) is 22.9. The van der Waals surface area contributed by atoms with E-state index in [-0.39, 0.29) is 17.5 Å². The summed E-state index contributed by atoms with van der Waals surface area (Å²) in [6.45, 7) is 3.43. The molecular formula is C23H21F3N4O2. The molecule has 166 valence electrons. The van der Waals surface area contributed by atoms with Crippen LogP contribution in [0.3, 0.4) is 0 Å². The smallest absolute Gasteiger partial charge is 0.316 e. The Kier molecular flexibility index (Phi) is 4.38. The van der Waals surface area contributed by atoms with Gasteiger partial charge in [0.1, 0.15) is 5.69 Å². The fourth-order valence-electron chi connectivity index (χ4n) is 4.50. The van der Waals surface area contributed by atoms with Crippen LogP contribution in [0.1, 0.15) is 63.4 Å². The highest BCUT2D eigenvalue weighted by molar-refractivity contribution is 6.11. The van der Waals surface area contributed by atoms with E-state index in [0.717, 1.165) is 25.0 Å². The minimum Gasteiger partial charge on any atom is -0.316 e. The molecule has 1 aliphatic carbocycles. The van der Waals surface area contributed by atoms with Gasteiger partial charge >= 0.3 is 6.18 Å². The molecule has 0 saturated heterocycles. The van der Waals surface area contributed by atoms with E-state index in [0.29, 0.717) is 33.8 Å². The Hall–Kier alpha value is -3.36. The average molecular weight is 442 g/mol. The van der Waals surface area contributed by atoms with Gasteiger partial charge < -0.3 is 4.57 Å². The maximum Gasteiger partial charge on any atom is 0.416 e. The van der Waals surface area contributed by atoms with Gasteiger partial charge in [0, 0.05) is 24.4 Å². The number of nitrogens with zero attached hydrogens (tertiary/aromatic N) is 4. The second-order valence-electron chi connectivity index (χ2n) is 8.52. The lowest BCUT2D eigenvalue weighted by Crippen LogP contribution is -2.32. The summed E-state index contributed by atoms with van der Waals surface area (Å²) >= 11 is 0. The molecule has 1 aliphatic heterocycles. The highest BCUT2D eigenvalue weighted by Crippen LogP contribution is 2.47. The molecule has 2 aliphatic rings. The van der Waals surface area contributed by atoms with Crippen molar-refractivity contribution in [1.82, 2.24) is 14.3 Å². The molecule has 32 heavy (non-hydrogen) atoms. The summed E-state index contributed by atoms with van der Waals surface area (Å²) in [4.78, 5) is 27.4. The third-order valence-corrected chi connectivity index (χ3v) is 6.13. The zero-order valence-corrected chi connectivity index (χ0v) is 17.8. The minimum atomic E-state index is -4.51. The number of benzene rings is 1. The summed E-state index contributed by atoms with van der Waals surface area (Å²) in [5, 5.41) is 4.56. The maximum atomic E-state index is 13.7. The Morgan fingerprint density at radius 1 is 1.09 bits per heavy atom. The van der Waals surface area contributed by atoms with E-state index >= 15 is 0 Å². The Morgan fingerprint density at radius 3 is 2.44 bits per heavy atom. The molecule has 3 aromatic rings. The van der Waals surface area contributed by atoms with Crippen LogP contribution in [-0.4, -0.2) is 20.3 Å². The van der Waals surface area contributed by atoms with Gasteiger partial charge in [-0.2, -0.15) is 18.3 Å². The summed E-state index contributed by atoms with van der Waals surface area (Å²) in [6, 6.07) is 6.01. The number of aryl methyl sites for hydroxylation is 3. The van der Waals surface area contributed by atoms with E-state index in [1.54, 1.807) is 43.9 Å². The van der Waals surface area contributed by atoms with Crippen molar-refractivity contribution < 1.29 is 18.0 Å². The largest absolute Gasteiger partial charge is 0.416 e. The van der Waals surface area contributed by atoms with Crippen molar-refractivity contribution in [1.29, 1.82) is 0 Å². The van der Waals surface area contributed by atoms with E-state index in [1.165, 1.54) is 15.5 Å². The van der Waals surface area contributed by atoms with Gasteiger partial charge in [-0.25, -0.2) is 0 Å². The highest BCUT2D eigenvalue weighted by Gasteiger charge is 2.46. The number of pyridine rings is 1. The quantitative estimate of drug-likeness (QED) is 0.608. The van der Waals surface area contributed by atoms with Crippen LogP contribution in [0.2, 0.25) is 0 Å². The van der Waals surface area contributed by atoms with E-state index in [4.69, 9.17) is 0 Å². The SMILES string of the molecule is Cc1nn(C2CC2)c2c1C(c1cccc(C(F)(F)F)c1)N(c1cc(C)c(=O)n(C)c1)C2=O. The lowest BCUT2D eigenvalue weighted by Gasteiger charge is -2.27. The van der Waals surface area contributed by atoms with Crippen LogP contribution in [-0.2, 0) is 13.2 Å². The Labute approximate surface area is 181 Å². The van der Waals surface area contributed by atoms with Crippen molar-refractivity contribution in [2.45, 2.75) is 44.9 Å². The standard InChI is InChI=1S/C23H21F3N4O2/c1-12-9-17(11-28(3)21(12)31)29-19(14-5-4-6-15(10-14)23(24,25)26)18-13(2)27-30(16-7-8-16)20(18)22(29)32/h4-6,9-11,16,19H,7-8H2,1-3H3. The fourth-order valence-corrected chi connectivity index (χ4v) is 4.50. The highest BCUT2D eigenvalue weighted by atomic mass is 19.4. The van der Waals surface area contributed by atoms with Crippen LogP contribution in [0.15, 0.2) is 41.3 Å². The Balaban J connectivity index is 1.75. The number of halogens is 3. The number of rotatable bonds is 3. The minimum absolute atomic E-state index is 0.130.